The fourth-order valence-corrected chi connectivity index (χ4v) is 2.44. The molecule has 0 unspecified atom stereocenters. The molecule has 5 nitrogen and oxygen atoms in total. The van der Waals surface area contributed by atoms with Crippen molar-refractivity contribution in [1.82, 2.24) is 15.0 Å². The van der Waals surface area contributed by atoms with Gasteiger partial charge in [0.25, 0.3) is 0 Å². The Bertz CT molecular complexity index is 549. The molecule has 0 amide bonds. The molecule has 19 heavy (non-hydrogen) atoms. The van der Waals surface area contributed by atoms with Gasteiger partial charge in [-0.25, -0.2) is 15.0 Å². The van der Waals surface area contributed by atoms with E-state index in [2.05, 4.69) is 20.3 Å². The van der Waals surface area contributed by atoms with Gasteiger partial charge in [-0.1, -0.05) is 12.8 Å². The van der Waals surface area contributed by atoms with E-state index in [0.717, 1.165) is 17.1 Å². The molecule has 0 aromatic carbocycles. The quantitative estimate of drug-likeness (QED) is 0.881. The zero-order valence-corrected chi connectivity index (χ0v) is 10.7. The van der Waals surface area contributed by atoms with E-state index >= 15 is 0 Å². The van der Waals surface area contributed by atoms with Gasteiger partial charge in [0.05, 0.1) is 11.4 Å². The standard InChI is InChI=1S/C14H17N5/c15-12-5-6-13(10-7-16-9-17-8-10)19-14(12)18-11-3-1-2-4-11/h5-9,11H,1-4,15H2,(H,18,19). The Morgan fingerprint density at radius 2 is 1.84 bits per heavy atom. The van der Waals surface area contributed by atoms with Crippen LogP contribution >= 0.6 is 0 Å². The first kappa shape index (κ1) is 11.9. The number of anilines is 2. The van der Waals surface area contributed by atoms with Crippen molar-refractivity contribution in [3.05, 3.63) is 30.9 Å². The van der Waals surface area contributed by atoms with Crippen molar-refractivity contribution in [2.45, 2.75) is 31.7 Å². The molecule has 98 valence electrons. The van der Waals surface area contributed by atoms with Crippen LogP contribution in [0.3, 0.4) is 0 Å². The highest BCUT2D eigenvalue weighted by atomic mass is 15.0. The fourth-order valence-electron chi connectivity index (χ4n) is 2.44. The lowest BCUT2D eigenvalue weighted by Gasteiger charge is -2.15. The van der Waals surface area contributed by atoms with E-state index in [0.29, 0.717) is 11.7 Å². The van der Waals surface area contributed by atoms with Crippen molar-refractivity contribution in [2.75, 3.05) is 11.1 Å². The van der Waals surface area contributed by atoms with Crippen LogP contribution in [0.4, 0.5) is 11.5 Å². The number of aromatic nitrogens is 3. The largest absolute Gasteiger partial charge is 0.396 e. The Balaban J connectivity index is 1.87. The number of nitrogens with zero attached hydrogens (tertiary/aromatic N) is 3. The van der Waals surface area contributed by atoms with Crippen LogP contribution in [-0.4, -0.2) is 21.0 Å². The van der Waals surface area contributed by atoms with Crippen molar-refractivity contribution in [1.29, 1.82) is 0 Å². The predicted molar refractivity (Wildman–Crippen MR) is 75.6 cm³/mol. The summed E-state index contributed by atoms with van der Waals surface area (Å²) in [6, 6.07) is 4.28. The zero-order chi connectivity index (χ0) is 13.1. The number of nitrogen functional groups attached to an aromatic ring is 1. The van der Waals surface area contributed by atoms with Gasteiger partial charge in [-0.15, -0.1) is 0 Å². The molecule has 0 saturated heterocycles. The van der Waals surface area contributed by atoms with Gasteiger partial charge in [-0.2, -0.15) is 0 Å². The van der Waals surface area contributed by atoms with E-state index in [1.54, 1.807) is 12.4 Å². The molecule has 0 aliphatic heterocycles. The Morgan fingerprint density at radius 1 is 1.11 bits per heavy atom. The van der Waals surface area contributed by atoms with Crippen molar-refractivity contribution in [3.63, 3.8) is 0 Å². The van der Waals surface area contributed by atoms with Crippen LogP contribution in [0.5, 0.6) is 0 Å². The smallest absolute Gasteiger partial charge is 0.150 e. The van der Waals surface area contributed by atoms with Gasteiger partial charge in [-0.05, 0) is 25.0 Å². The van der Waals surface area contributed by atoms with E-state index in [9.17, 15) is 0 Å². The van der Waals surface area contributed by atoms with Crippen molar-refractivity contribution in [3.8, 4) is 11.3 Å². The van der Waals surface area contributed by atoms with Crippen LogP contribution in [0.1, 0.15) is 25.7 Å². The SMILES string of the molecule is Nc1ccc(-c2cncnc2)nc1NC1CCCC1. The second-order valence-corrected chi connectivity index (χ2v) is 4.89. The summed E-state index contributed by atoms with van der Waals surface area (Å²) in [6.45, 7) is 0. The molecule has 1 fully saturated rings. The molecule has 1 aliphatic carbocycles. The normalized spacial score (nSPS) is 15.6. The molecule has 0 radical (unpaired) electrons. The monoisotopic (exact) mass is 255 g/mol. The molecule has 2 heterocycles. The Hall–Kier alpha value is -2.17. The van der Waals surface area contributed by atoms with E-state index in [1.807, 2.05) is 12.1 Å². The minimum Gasteiger partial charge on any atom is -0.396 e. The summed E-state index contributed by atoms with van der Waals surface area (Å²) in [5.41, 5.74) is 8.42. The molecule has 0 bridgehead atoms. The van der Waals surface area contributed by atoms with Crippen LogP contribution in [0.25, 0.3) is 11.3 Å². The maximum Gasteiger partial charge on any atom is 0.150 e. The van der Waals surface area contributed by atoms with Gasteiger partial charge in [-0.3, -0.25) is 0 Å². The van der Waals surface area contributed by atoms with Gasteiger partial charge in [0.2, 0.25) is 0 Å². The van der Waals surface area contributed by atoms with Gasteiger partial charge in [0.1, 0.15) is 12.1 Å². The number of hydrogen-bond donors (Lipinski definition) is 2. The molecule has 1 aliphatic rings. The highest BCUT2D eigenvalue weighted by Gasteiger charge is 2.16. The summed E-state index contributed by atoms with van der Waals surface area (Å²) >= 11 is 0. The molecule has 0 atom stereocenters. The summed E-state index contributed by atoms with van der Waals surface area (Å²) in [6.07, 6.45) is 9.97. The van der Waals surface area contributed by atoms with Crippen molar-refractivity contribution in [2.24, 2.45) is 0 Å². The minimum atomic E-state index is 0.497. The first-order valence-corrected chi connectivity index (χ1v) is 6.61. The molecule has 2 aromatic rings. The highest BCUT2D eigenvalue weighted by Crippen LogP contribution is 2.26. The lowest BCUT2D eigenvalue weighted by Crippen LogP contribution is -2.16. The number of nitrogens with two attached hydrogens (primary N) is 1. The number of rotatable bonds is 3. The summed E-state index contributed by atoms with van der Waals surface area (Å²) in [7, 11) is 0. The second kappa shape index (κ2) is 5.22. The van der Waals surface area contributed by atoms with Gasteiger partial charge < -0.3 is 11.1 Å². The summed E-state index contributed by atoms with van der Waals surface area (Å²) < 4.78 is 0. The molecule has 5 heteroatoms. The number of hydrogen-bond acceptors (Lipinski definition) is 5. The maximum atomic E-state index is 5.99. The highest BCUT2D eigenvalue weighted by molar-refractivity contribution is 5.68. The molecule has 1 saturated carbocycles. The minimum absolute atomic E-state index is 0.497. The van der Waals surface area contributed by atoms with Crippen LogP contribution in [0, 0.1) is 0 Å². The topological polar surface area (TPSA) is 76.7 Å². The number of nitrogens with one attached hydrogen (secondary N) is 1. The first-order valence-electron chi connectivity index (χ1n) is 6.61. The average Bonchev–Trinajstić information content (AvgIpc) is 2.95. The van der Waals surface area contributed by atoms with Crippen LogP contribution < -0.4 is 11.1 Å². The third-order valence-electron chi connectivity index (χ3n) is 3.48. The van der Waals surface area contributed by atoms with Crippen LogP contribution in [0.15, 0.2) is 30.9 Å². The summed E-state index contributed by atoms with van der Waals surface area (Å²) in [5, 5.41) is 3.44. The van der Waals surface area contributed by atoms with E-state index in [1.165, 1.54) is 32.0 Å². The molecule has 3 N–H and O–H groups in total. The molecular weight excluding hydrogens is 238 g/mol. The lowest BCUT2D eigenvalue weighted by molar-refractivity contribution is 0.751. The average molecular weight is 255 g/mol. The Labute approximate surface area is 112 Å². The molecule has 3 rings (SSSR count). The van der Waals surface area contributed by atoms with E-state index < -0.39 is 0 Å². The lowest BCUT2D eigenvalue weighted by atomic mass is 10.2. The van der Waals surface area contributed by atoms with Crippen molar-refractivity contribution >= 4 is 11.5 Å². The Kier molecular flexibility index (Phi) is 3.27. The van der Waals surface area contributed by atoms with Crippen LogP contribution in [-0.2, 0) is 0 Å². The third-order valence-corrected chi connectivity index (χ3v) is 3.48. The Morgan fingerprint density at radius 3 is 2.58 bits per heavy atom. The van der Waals surface area contributed by atoms with Crippen molar-refractivity contribution < 1.29 is 0 Å². The maximum absolute atomic E-state index is 5.99. The number of pyridine rings is 1. The summed E-state index contributed by atoms with van der Waals surface area (Å²) in [4.78, 5) is 12.6. The predicted octanol–water partition coefficient (Wildman–Crippen LogP) is 2.48. The summed E-state index contributed by atoms with van der Waals surface area (Å²) in [5.74, 6) is 0.772. The van der Waals surface area contributed by atoms with E-state index in [-0.39, 0.29) is 0 Å². The van der Waals surface area contributed by atoms with Crippen LogP contribution in [0.2, 0.25) is 0 Å². The van der Waals surface area contributed by atoms with Gasteiger partial charge >= 0.3 is 0 Å². The van der Waals surface area contributed by atoms with Gasteiger partial charge in [0.15, 0.2) is 0 Å². The fraction of sp³-hybridized carbons (Fsp3) is 0.357. The van der Waals surface area contributed by atoms with Gasteiger partial charge in [0, 0.05) is 24.0 Å². The molecule has 2 aromatic heterocycles. The van der Waals surface area contributed by atoms with E-state index in [4.69, 9.17) is 5.73 Å². The third kappa shape index (κ3) is 2.65. The first-order chi connectivity index (χ1) is 9.33. The molecule has 0 spiro atoms. The second-order valence-electron chi connectivity index (χ2n) is 4.89. The molecular formula is C14H17N5. The zero-order valence-electron chi connectivity index (χ0n) is 10.7.